The summed E-state index contributed by atoms with van der Waals surface area (Å²) in [6, 6.07) is 2.41. The van der Waals surface area contributed by atoms with E-state index in [1.807, 2.05) is 0 Å². The molecule has 12 heteroatoms. The van der Waals surface area contributed by atoms with Crippen molar-refractivity contribution in [3.05, 3.63) is 29.6 Å². The van der Waals surface area contributed by atoms with E-state index in [9.17, 15) is 35.9 Å². The summed E-state index contributed by atoms with van der Waals surface area (Å²) in [4.78, 5) is 29.2. The van der Waals surface area contributed by atoms with E-state index in [1.54, 1.807) is 0 Å². The van der Waals surface area contributed by atoms with Crippen molar-refractivity contribution in [3.63, 3.8) is 0 Å². The van der Waals surface area contributed by atoms with E-state index in [2.05, 4.69) is 4.99 Å². The Morgan fingerprint density at radius 2 is 1.72 bits per heavy atom. The molecule has 2 rings (SSSR count). The van der Waals surface area contributed by atoms with Gasteiger partial charge < -0.3 is 11.1 Å². The molecule has 0 unspecified atom stereocenters. The lowest BCUT2D eigenvalue weighted by molar-refractivity contribution is -0.267. The first-order valence-electron chi connectivity index (χ1n) is 8.16. The van der Waals surface area contributed by atoms with Crippen molar-refractivity contribution in [1.82, 2.24) is 4.90 Å². The van der Waals surface area contributed by atoms with Gasteiger partial charge in [0, 0.05) is 18.3 Å². The Morgan fingerprint density at radius 3 is 2.24 bits per heavy atom. The number of alkyl halides is 5. The van der Waals surface area contributed by atoms with Crippen LogP contribution >= 0.6 is 0 Å². The molecule has 1 aromatic rings. The van der Waals surface area contributed by atoms with Crippen LogP contribution in [0.5, 0.6) is 0 Å². The Morgan fingerprint density at radius 1 is 1.17 bits per heavy atom. The number of hydrogen-bond donors (Lipinski definition) is 2. The second-order valence-corrected chi connectivity index (χ2v) is 7.25. The normalized spacial score (nSPS) is 22.3. The van der Waals surface area contributed by atoms with Crippen molar-refractivity contribution in [2.24, 2.45) is 16.1 Å². The van der Waals surface area contributed by atoms with E-state index in [-0.39, 0.29) is 11.5 Å². The minimum Gasteiger partial charge on any atom is -0.369 e. The number of carbonyl (C=O) groups is 2. The van der Waals surface area contributed by atoms with E-state index in [4.69, 9.17) is 5.73 Å². The quantitative estimate of drug-likeness (QED) is 0.732. The van der Waals surface area contributed by atoms with Gasteiger partial charge in [-0.05, 0) is 39.0 Å². The molecular weight excluding hydrogens is 406 g/mol. The van der Waals surface area contributed by atoms with Crippen LogP contribution in [0.1, 0.15) is 26.3 Å². The van der Waals surface area contributed by atoms with Crippen LogP contribution in [0, 0.1) is 11.2 Å². The highest BCUT2D eigenvalue weighted by atomic mass is 19.4. The molecule has 29 heavy (non-hydrogen) atoms. The number of aliphatic imine (C=N–C) groups is 1. The molecule has 0 bridgehead atoms. The fourth-order valence-corrected chi connectivity index (χ4v) is 2.89. The summed E-state index contributed by atoms with van der Waals surface area (Å²) in [5, 5.41) is 1.42. The first kappa shape index (κ1) is 22.5. The van der Waals surface area contributed by atoms with Crippen LogP contribution in [-0.2, 0) is 15.1 Å². The molecule has 0 saturated heterocycles. The van der Waals surface area contributed by atoms with Gasteiger partial charge in [0.25, 0.3) is 0 Å². The van der Waals surface area contributed by atoms with Crippen molar-refractivity contribution in [2.75, 3.05) is 12.4 Å². The molecular formula is C17H18F6N4O2. The number of benzene rings is 1. The molecule has 1 aromatic carbocycles. The third-order valence-corrected chi connectivity index (χ3v) is 5.13. The summed E-state index contributed by atoms with van der Waals surface area (Å²) in [6.07, 6.45) is -6.10. The highest BCUT2D eigenvalue weighted by Gasteiger charge is 2.63. The number of carbonyl (C=O) groups excluding carboxylic acids is 2. The van der Waals surface area contributed by atoms with Crippen molar-refractivity contribution in [3.8, 4) is 0 Å². The van der Waals surface area contributed by atoms with E-state index >= 15 is 0 Å². The van der Waals surface area contributed by atoms with E-state index < -0.39 is 46.4 Å². The van der Waals surface area contributed by atoms with Crippen LogP contribution in [0.25, 0.3) is 0 Å². The van der Waals surface area contributed by atoms with Gasteiger partial charge in [0.1, 0.15) is 11.4 Å². The fourth-order valence-electron chi connectivity index (χ4n) is 2.89. The standard InChI is InChI=1S/C17H18F6N4O2/c1-14(2)12(29)27(4)13(24)26-15(14,3)9-7-8(5-6-10(9)18)25-11(28)16(19,20)17(21,22)23/h5-7H,1-4H3,(H2,24,26)(H,25,28)/t15-/m0/s1. The zero-order valence-corrected chi connectivity index (χ0v) is 15.8. The van der Waals surface area contributed by atoms with Gasteiger partial charge in [0.15, 0.2) is 5.96 Å². The summed E-state index contributed by atoms with van der Waals surface area (Å²) in [7, 11) is 1.36. The van der Waals surface area contributed by atoms with Gasteiger partial charge in [-0.1, -0.05) is 0 Å². The maximum Gasteiger partial charge on any atom is 0.463 e. The third kappa shape index (κ3) is 3.40. The van der Waals surface area contributed by atoms with Crippen LogP contribution in [-0.4, -0.2) is 41.8 Å². The Kier molecular flexibility index (Phi) is 5.14. The molecule has 0 radical (unpaired) electrons. The molecule has 6 nitrogen and oxygen atoms in total. The fraction of sp³-hybridized carbons (Fsp3) is 0.471. The molecule has 0 fully saturated rings. The number of rotatable bonds is 3. The summed E-state index contributed by atoms with van der Waals surface area (Å²) in [5.74, 6) is -9.97. The number of nitrogens with one attached hydrogen (secondary N) is 1. The monoisotopic (exact) mass is 424 g/mol. The first-order chi connectivity index (χ1) is 13.0. The number of guanidine groups is 1. The Balaban J connectivity index is 2.54. The van der Waals surface area contributed by atoms with Gasteiger partial charge in [-0.15, -0.1) is 0 Å². The number of nitrogens with two attached hydrogens (primary N) is 1. The maximum atomic E-state index is 14.6. The molecule has 1 heterocycles. The average Bonchev–Trinajstić information content (AvgIpc) is 2.59. The van der Waals surface area contributed by atoms with Crippen molar-refractivity contribution < 1.29 is 35.9 Å². The van der Waals surface area contributed by atoms with Crippen molar-refractivity contribution >= 4 is 23.5 Å². The van der Waals surface area contributed by atoms with Crippen LogP contribution in [0.4, 0.5) is 32.0 Å². The zero-order valence-electron chi connectivity index (χ0n) is 15.8. The van der Waals surface area contributed by atoms with Crippen LogP contribution in [0.2, 0.25) is 0 Å². The first-order valence-corrected chi connectivity index (χ1v) is 8.16. The molecule has 0 spiro atoms. The number of amides is 2. The zero-order chi connectivity index (χ0) is 22.6. The summed E-state index contributed by atoms with van der Waals surface area (Å²) >= 11 is 0. The molecule has 0 saturated carbocycles. The van der Waals surface area contributed by atoms with Gasteiger partial charge >= 0.3 is 18.0 Å². The topological polar surface area (TPSA) is 87.8 Å². The number of hydrogen-bond acceptors (Lipinski definition) is 4. The predicted octanol–water partition coefficient (Wildman–Crippen LogP) is 2.99. The van der Waals surface area contributed by atoms with E-state index in [0.717, 1.165) is 23.1 Å². The SMILES string of the molecule is CN1C(=O)C(C)(C)[C@](C)(c2cc(NC(=O)C(F)(F)C(F)(F)F)ccc2F)N=C1N. The average molecular weight is 424 g/mol. The lowest BCUT2D eigenvalue weighted by atomic mass is 9.67. The third-order valence-electron chi connectivity index (χ3n) is 5.13. The summed E-state index contributed by atoms with van der Waals surface area (Å²) in [6.45, 7) is 4.26. The highest BCUT2D eigenvalue weighted by molar-refractivity contribution is 6.02. The molecule has 0 aliphatic carbocycles. The molecule has 160 valence electrons. The Hall–Kier alpha value is -2.79. The predicted molar refractivity (Wildman–Crippen MR) is 91.6 cm³/mol. The minimum atomic E-state index is -6.10. The Bertz CT molecular complexity index is 896. The summed E-state index contributed by atoms with van der Waals surface area (Å²) < 4.78 is 78.0. The number of anilines is 1. The van der Waals surface area contributed by atoms with Crippen LogP contribution in [0.15, 0.2) is 23.2 Å². The minimum absolute atomic E-state index is 0.241. The van der Waals surface area contributed by atoms with Gasteiger partial charge in [-0.2, -0.15) is 22.0 Å². The molecule has 1 aliphatic heterocycles. The molecule has 1 atom stereocenters. The van der Waals surface area contributed by atoms with Gasteiger partial charge in [0.05, 0.1) is 5.41 Å². The van der Waals surface area contributed by atoms with Gasteiger partial charge in [0.2, 0.25) is 5.91 Å². The Labute approximate surface area is 161 Å². The lowest BCUT2D eigenvalue weighted by Gasteiger charge is -2.46. The number of nitrogens with zero attached hydrogens (tertiary/aromatic N) is 2. The largest absolute Gasteiger partial charge is 0.463 e. The van der Waals surface area contributed by atoms with Crippen molar-refractivity contribution in [2.45, 2.75) is 38.4 Å². The van der Waals surface area contributed by atoms with Gasteiger partial charge in [-0.3, -0.25) is 14.5 Å². The molecule has 2 amide bonds. The molecule has 0 aromatic heterocycles. The highest BCUT2D eigenvalue weighted by Crippen LogP contribution is 2.47. The smallest absolute Gasteiger partial charge is 0.369 e. The van der Waals surface area contributed by atoms with E-state index in [1.165, 1.54) is 33.1 Å². The van der Waals surface area contributed by atoms with Crippen molar-refractivity contribution in [1.29, 1.82) is 0 Å². The maximum absolute atomic E-state index is 14.6. The number of halogens is 6. The lowest BCUT2D eigenvalue weighted by Crippen LogP contribution is -2.58. The van der Waals surface area contributed by atoms with E-state index in [0.29, 0.717) is 0 Å². The second-order valence-electron chi connectivity index (χ2n) is 7.25. The summed E-state index contributed by atoms with van der Waals surface area (Å²) in [5.41, 5.74) is 1.85. The van der Waals surface area contributed by atoms with Crippen LogP contribution in [0.3, 0.4) is 0 Å². The molecule has 3 N–H and O–H groups in total. The van der Waals surface area contributed by atoms with Crippen LogP contribution < -0.4 is 11.1 Å². The molecule has 1 aliphatic rings. The second kappa shape index (κ2) is 6.63. The van der Waals surface area contributed by atoms with Gasteiger partial charge in [-0.25, -0.2) is 9.38 Å².